The first-order valence-electron chi connectivity index (χ1n) is 7.70. The van der Waals surface area contributed by atoms with E-state index in [1.54, 1.807) is 12.1 Å². The second kappa shape index (κ2) is 8.87. The van der Waals surface area contributed by atoms with Gasteiger partial charge in [-0.25, -0.2) is 0 Å². The van der Waals surface area contributed by atoms with Crippen LogP contribution in [0.2, 0.25) is 5.02 Å². The molecule has 2 rings (SSSR count). The van der Waals surface area contributed by atoms with Crippen molar-refractivity contribution in [2.24, 2.45) is 0 Å². The quantitative estimate of drug-likeness (QED) is 0.769. The second-order valence-electron chi connectivity index (χ2n) is 5.70. The Hall–Kier alpha value is -1.82. The van der Waals surface area contributed by atoms with Gasteiger partial charge in [0.25, 0.3) is 0 Å². The molecule has 0 fully saturated rings. The number of para-hydroxylation sites is 2. The minimum absolute atomic E-state index is 0.241. The number of hydrogen-bond donors (Lipinski definition) is 2. The number of hydrogen-bond acceptors (Lipinski definition) is 3. The van der Waals surface area contributed by atoms with Gasteiger partial charge in [0.15, 0.2) is 5.11 Å². The Kier molecular flexibility index (Phi) is 6.85. The number of benzene rings is 2. The van der Waals surface area contributed by atoms with Crippen molar-refractivity contribution in [1.29, 1.82) is 0 Å². The first kappa shape index (κ1) is 18.5. The maximum atomic E-state index is 10.1. The molecule has 0 atom stereocenters. The van der Waals surface area contributed by atoms with E-state index in [9.17, 15) is 5.11 Å². The zero-order valence-electron chi connectivity index (χ0n) is 13.9. The van der Waals surface area contributed by atoms with Crippen LogP contribution in [0.5, 0.6) is 5.75 Å². The summed E-state index contributed by atoms with van der Waals surface area (Å²) >= 11 is 11.9. The fourth-order valence-corrected chi connectivity index (χ4v) is 2.74. The van der Waals surface area contributed by atoms with Gasteiger partial charge in [0, 0.05) is 18.7 Å². The van der Waals surface area contributed by atoms with Crippen LogP contribution in [0.1, 0.15) is 5.56 Å². The molecule has 0 saturated heterocycles. The largest absolute Gasteiger partial charge is 0.508 e. The highest BCUT2D eigenvalue weighted by molar-refractivity contribution is 7.80. The lowest BCUT2D eigenvalue weighted by molar-refractivity contribution is 0.412. The maximum absolute atomic E-state index is 10.1. The minimum atomic E-state index is 0.241. The number of rotatable bonds is 6. The maximum Gasteiger partial charge on any atom is 0.173 e. The van der Waals surface area contributed by atoms with Crippen molar-refractivity contribution < 1.29 is 5.11 Å². The number of thiocarbonyl (C=S) groups is 1. The second-order valence-corrected chi connectivity index (χ2v) is 6.50. The van der Waals surface area contributed by atoms with Crippen molar-refractivity contribution in [3.05, 3.63) is 59.1 Å². The standard InChI is InChI=1S/C18H22ClN3OS/c1-21(2)12-11-20-18(24)22(16-9-5-4-8-15(16)19)13-14-7-3-6-10-17(14)23/h3-10,23H,11-13H2,1-2H3,(H,20,24). The number of nitrogens with one attached hydrogen (secondary N) is 1. The average Bonchev–Trinajstić information content (AvgIpc) is 2.54. The lowest BCUT2D eigenvalue weighted by Gasteiger charge is -2.27. The smallest absolute Gasteiger partial charge is 0.173 e. The van der Waals surface area contributed by atoms with E-state index in [0.717, 1.165) is 24.3 Å². The fourth-order valence-electron chi connectivity index (χ4n) is 2.23. The van der Waals surface area contributed by atoms with Crippen LogP contribution in [0.15, 0.2) is 48.5 Å². The summed E-state index contributed by atoms with van der Waals surface area (Å²) in [6.07, 6.45) is 0. The van der Waals surface area contributed by atoms with E-state index in [1.165, 1.54) is 0 Å². The van der Waals surface area contributed by atoms with E-state index < -0.39 is 0 Å². The third-order valence-electron chi connectivity index (χ3n) is 3.54. The molecule has 0 saturated carbocycles. The van der Waals surface area contributed by atoms with E-state index in [1.807, 2.05) is 55.4 Å². The summed E-state index contributed by atoms with van der Waals surface area (Å²) in [5.74, 6) is 0.241. The number of likely N-dealkylation sites (N-methyl/N-ethyl adjacent to an activating group) is 1. The highest BCUT2D eigenvalue weighted by Crippen LogP contribution is 2.28. The molecule has 128 valence electrons. The van der Waals surface area contributed by atoms with Gasteiger partial charge in [-0.3, -0.25) is 0 Å². The van der Waals surface area contributed by atoms with Crippen molar-refractivity contribution in [2.45, 2.75) is 6.54 Å². The Labute approximate surface area is 153 Å². The molecule has 6 heteroatoms. The van der Waals surface area contributed by atoms with Gasteiger partial charge < -0.3 is 20.2 Å². The summed E-state index contributed by atoms with van der Waals surface area (Å²) < 4.78 is 0. The van der Waals surface area contributed by atoms with E-state index in [0.29, 0.717) is 16.7 Å². The molecule has 0 heterocycles. The molecule has 2 N–H and O–H groups in total. The molecule has 0 aliphatic heterocycles. The summed E-state index contributed by atoms with van der Waals surface area (Å²) in [5, 5.41) is 14.5. The van der Waals surface area contributed by atoms with Gasteiger partial charge in [-0.05, 0) is 44.5 Å². The van der Waals surface area contributed by atoms with Gasteiger partial charge in [0.1, 0.15) is 5.75 Å². The molecule has 0 amide bonds. The molecule has 2 aromatic rings. The molecule has 0 spiro atoms. The number of halogens is 1. The monoisotopic (exact) mass is 363 g/mol. The third kappa shape index (κ3) is 5.09. The van der Waals surface area contributed by atoms with E-state index >= 15 is 0 Å². The van der Waals surface area contributed by atoms with Crippen LogP contribution in [0.4, 0.5) is 5.69 Å². The minimum Gasteiger partial charge on any atom is -0.508 e. The van der Waals surface area contributed by atoms with Crippen LogP contribution >= 0.6 is 23.8 Å². The number of phenols is 1. The molecule has 0 bridgehead atoms. The highest BCUT2D eigenvalue weighted by atomic mass is 35.5. The Bertz CT molecular complexity index is 693. The van der Waals surface area contributed by atoms with Crippen LogP contribution in [0.25, 0.3) is 0 Å². The Morgan fingerprint density at radius 2 is 1.79 bits per heavy atom. The number of phenolic OH excluding ortho intramolecular Hbond substituents is 1. The predicted molar refractivity (Wildman–Crippen MR) is 105 cm³/mol. The van der Waals surface area contributed by atoms with Gasteiger partial charge in [-0.2, -0.15) is 0 Å². The van der Waals surface area contributed by atoms with Gasteiger partial charge in [-0.15, -0.1) is 0 Å². The zero-order chi connectivity index (χ0) is 17.5. The van der Waals surface area contributed by atoms with E-state index in [4.69, 9.17) is 23.8 Å². The van der Waals surface area contributed by atoms with E-state index in [-0.39, 0.29) is 5.75 Å². The van der Waals surface area contributed by atoms with Crippen LogP contribution in [0.3, 0.4) is 0 Å². The molecule has 24 heavy (non-hydrogen) atoms. The summed E-state index contributed by atoms with van der Waals surface area (Å²) in [4.78, 5) is 3.99. The van der Waals surface area contributed by atoms with Crippen molar-refractivity contribution in [1.82, 2.24) is 10.2 Å². The molecule has 2 aromatic carbocycles. The van der Waals surface area contributed by atoms with Crippen molar-refractivity contribution in [3.63, 3.8) is 0 Å². The fraction of sp³-hybridized carbons (Fsp3) is 0.278. The molecular formula is C18H22ClN3OS. The molecule has 0 aliphatic carbocycles. The van der Waals surface area contributed by atoms with Gasteiger partial charge in [0.2, 0.25) is 0 Å². The number of nitrogens with zero attached hydrogens (tertiary/aromatic N) is 2. The predicted octanol–water partition coefficient (Wildman–Crippen LogP) is 3.49. The topological polar surface area (TPSA) is 38.7 Å². The number of anilines is 1. The molecule has 0 aromatic heterocycles. The molecule has 0 unspecified atom stereocenters. The molecule has 4 nitrogen and oxygen atoms in total. The average molecular weight is 364 g/mol. The van der Waals surface area contributed by atoms with Gasteiger partial charge >= 0.3 is 0 Å². The normalized spacial score (nSPS) is 10.7. The van der Waals surface area contributed by atoms with Gasteiger partial charge in [-0.1, -0.05) is 41.9 Å². The van der Waals surface area contributed by atoms with E-state index in [2.05, 4.69) is 10.2 Å². The molecule has 0 radical (unpaired) electrons. The van der Waals surface area contributed by atoms with Crippen LogP contribution < -0.4 is 10.2 Å². The Balaban J connectivity index is 2.23. The summed E-state index contributed by atoms with van der Waals surface area (Å²) in [5.41, 5.74) is 1.60. The van der Waals surface area contributed by atoms with Crippen molar-refractivity contribution in [2.75, 3.05) is 32.1 Å². The summed E-state index contributed by atoms with van der Waals surface area (Å²) in [7, 11) is 4.02. The molecule has 0 aliphatic rings. The summed E-state index contributed by atoms with van der Waals surface area (Å²) in [6.45, 7) is 2.03. The van der Waals surface area contributed by atoms with Crippen LogP contribution in [0, 0.1) is 0 Å². The van der Waals surface area contributed by atoms with Crippen LogP contribution in [-0.4, -0.2) is 42.3 Å². The number of aromatic hydroxyl groups is 1. The third-order valence-corrected chi connectivity index (χ3v) is 4.23. The highest BCUT2D eigenvalue weighted by Gasteiger charge is 2.16. The Morgan fingerprint density at radius 3 is 2.46 bits per heavy atom. The SMILES string of the molecule is CN(C)CCNC(=S)N(Cc1ccccc1O)c1ccccc1Cl. The van der Waals surface area contributed by atoms with Gasteiger partial charge in [0.05, 0.1) is 17.3 Å². The van der Waals surface area contributed by atoms with Crippen molar-refractivity contribution >= 4 is 34.6 Å². The molecular weight excluding hydrogens is 342 g/mol. The lowest BCUT2D eigenvalue weighted by Crippen LogP contribution is -2.42. The Morgan fingerprint density at radius 1 is 1.12 bits per heavy atom. The van der Waals surface area contributed by atoms with Crippen molar-refractivity contribution in [3.8, 4) is 5.75 Å². The zero-order valence-corrected chi connectivity index (χ0v) is 15.4. The first-order valence-corrected chi connectivity index (χ1v) is 8.49. The summed E-state index contributed by atoms with van der Waals surface area (Å²) in [6, 6.07) is 14.8. The lowest BCUT2D eigenvalue weighted by atomic mass is 10.2. The first-order chi connectivity index (χ1) is 11.5. The van der Waals surface area contributed by atoms with Crippen LogP contribution in [-0.2, 0) is 6.54 Å².